The van der Waals surface area contributed by atoms with Gasteiger partial charge in [-0.25, -0.2) is 4.98 Å². The third-order valence-corrected chi connectivity index (χ3v) is 4.72. The third kappa shape index (κ3) is 4.16. The van der Waals surface area contributed by atoms with Crippen molar-refractivity contribution in [3.63, 3.8) is 0 Å². The molecule has 2 amide bonds. The Labute approximate surface area is 137 Å². The van der Waals surface area contributed by atoms with Gasteiger partial charge in [0.05, 0.1) is 10.7 Å². The Balaban J connectivity index is 1.44. The normalized spacial score (nSPS) is 19.9. The molecule has 122 valence electrons. The number of amides is 2. The molecule has 1 fully saturated rings. The van der Waals surface area contributed by atoms with E-state index in [9.17, 15) is 9.59 Å². The van der Waals surface area contributed by atoms with E-state index < -0.39 is 0 Å². The molecule has 0 aliphatic heterocycles. The lowest BCUT2D eigenvalue weighted by atomic mass is 9.78. The van der Waals surface area contributed by atoms with Gasteiger partial charge in [-0.3, -0.25) is 14.7 Å². The first-order valence-corrected chi connectivity index (χ1v) is 8.48. The molecule has 0 bridgehead atoms. The van der Waals surface area contributed by atoms with Crippen LogP contribution in [-0.2, 0) is 16.0 Å². The molecular formula is C15H19N5O2S. The van der Waals surface area contributed by atoms with E-state index >= 15 is 0 Å². The fraction of sp³-hybridized carbons (Fsp3) is 0.467. The van der Waals surface area contributed by atoms with Crippen molar-refractivity contribution in [2.75, 3.05) is 5.32 Å². The molecule has 7 nitrogen and oxygen atoms in total. The molecule has 1 saturated carbocycles. The van der Waals surface area contributed by atoms with Gasteiger partial charge in [-0.05, 0) is 12.8 Å². The Morgan fingerprint density at radius 1 is 1.43 bits per heavy atom. The van der Waals surface area contributed by atoms with Crippen LogP contribution in [0.1, 0.15) is 42.8 Å². The zero-order valence-corrected chi connectivity index (χ0v) is 13.7. The summed E-state index contributed by atoms with van der Waals surface area (Å²) in [6.07, 6.45) is 4.57. The summed E-state index contributed by atoms with van der Waals surface area (Å²) in [5.74, 6) is 0.903. The summed E-state index contributed by atoms with van der Waals surface area (Å²) in [5, 5.41) is 15.7. The van der Waals surface area contributed by atoms with E-state index in [1.165, 1.54) is 6.92 Å². The van der Waals surface area contributed by atoms with Crippen molar-refractivity contribution < 1.29 is 9.59 Å². The van der Waals surface area contributed by atoms with Gasteiger partial charge in [0.25, 0.3) is 0 Å². The highest BCUT2D eigenvalue weighted by atomic mass is 32.1. The van der Waals surface area contributed by atoms with Crippen LogP contribution in [0, 0.1) is 0 Å². The Morgan fingerprint density at radius 2 is 2.26 bits per heavy atom. The Kier molecular flexibility index (Phi) is 4.71. The number of H-pyrrole nitrogens is 1. The van der Waals surface area contributed by atoms with Crippen LogP contribution < -0.4 is 10.6 Å². The average molecular weight is 333 g/mol. The molecule has 2 aromatic heterocycles. The highest BCUT2D eigenvalue weighted by Gasteiger charge is 2.32. The largest absolute Gasteiger partial charge is 0.354 e. The van der Waals surface area contributed by atoms with Crippen LogP contribution in [-0.4, -0.2) is 33.0 Å². The van der Waals surface area contributed by atoms with Crippen molar-refractivity contribution in [1.82, 2.24) is 20.5 Å². The first kappa shape index (κ1) is 15.7. The number of carbonyl (C=O) groups is 2. The van der Waals surface area contributed by atoms with Gasteiger partial charge in [0.15, 0.2) is 0 Å². The molecule has 3 rings (SSSR count). The van der Waals surface area contributed by atoms with Crippen molar-refractivity contribution in [2.45, 2.75) is 44.6 Å². The number of aryl methyl sites for hydroxylation is 1. The predicted octanol–water partition coefficient (Wildman–Crippen LogP) is 1.82. The maximum absolute atomic E-state index is 11.9. The molecule has 2 aromatic rings. The van der Waals surface area contributed by atoms with Crippen molar-refractivity contribution >= 4 is 29.0 Å². The molecule has 0 aromatic carbocycles. The summed E-state index contributed by atoms with van der Waals surface area (Å²) in [7, 11) is 0. The van der Waals surface area contributed by atoms with Crippen LogP contribution in [0.4, 0.5) is 5.82 Å². The number of thiazole rings is 1. The molecule has 0 radical (unpaired) electrons. The van der Waals surface area contributed by atoms with Gasteiger partial charge in [-0.15, -0.1) is 11.3 Å². The maximum Gasteiger partial charge on any atom is 0.225 e. The third-order valence-electron chi connectivity index (χ3n) is 3.88. The minimum absolute atomic E-state index is 0.00339. The second kappa shape index (κ2) is 6.91. The topological polar surface area (TPSA) is 99.8 Å². The first-order chi connectivity index (χ1) is 11.1. The van der Waals surface area contributed by atoms with Crippen LogP contribution in [0.15, 0.2) is 17.6 Å². The number of nitrogens with one attached hydrogen (secondary N) is 3. The quantitative estimate of drug-likeness (QED) is 0.751. The van der Waals surface area contributed by atoms with E-state index in [2.05, 4.69) is 25.8 Å². The highest BCUT2D eigenvalue weighted by Crippen LogP contribution is 2.36. The smallest absolute Gasteiger partial charge is 0.225 e. The van der Waals surface area contributed by atoms with Crippen molar-refractivity contribution in [1.29, 1.82) is 0 Å². The second-order valence-corrected chi connectivity index (χ2v) is 6.73. The average Bonchev–Trinajstić information content (AvgIpc) is 3.11. The van der Waals surface area contributed by atoms with Crippen molar-refractivity contribution in [2.24, 2.45) is 0 Å². The van der Waals surface area contributed by atoms with Gasteiger partial charge in [-0.2, -0.15) is 5.10 Å². The molecular weight excluding hydrogens is 314 g/mol. The summed E-state index contributed by atoms with van der Waals surface area (Å²) in [5.41, 5.74) is 0.932. The minimum atomic E-state index is -0.0554. The molecule has 3 N–H and O–H groups in total. The summed E-state index contributed by atoms with van der Waals surface area (Å²) in [6, 6.07) is 2.11. The molecule has 0 atom stereocenters. The van der Waals surface area contributed by atoms with Crippen molar-refractivity contribution in [3.8, 4) is 0 Å². The van der Waals surface area contributed by atoms with Gasteiger partial charge in [0.2, 0.25) is 11.8 Å². The van der Waals surface area contributed by atoms with Crippen LogP contribution in [0.2, 0.25) is 0 Å². The lowest BCUT2D eigenvalue weighted by molar-refractivity contribution is -0.120. The molecule has 0 spiro atoms. The fourth-order valence-corrected chi connectivity index (χ4v) is 3.31. The fourth-order valence-electron chi connectivity index (χ4n) is 2.68. The van der Waals surface area contributed by atoms with E-state index in [0.29, 0.717) is 24.6 Å². The molecule has 2 heterocycles. The Hall–Kier alpha value is -2.22. The van der Waals surface area contributed by atoms with E-state index in [4.69, 9.17) is 0 Å². The zero-order valence-electron chi connectivity index (χ0n) is 12.8. The molecule has 8 heteroatoms. The van der Waals surface area contributed by atoms with Gasteiger partial charge in [-0.1, -0.05) is 0 Å². The summed E-state index contributed by atoms with van der Waals surface area (Å²) in [4.78, 5) is 27.0. The van der Waals surface area contributed by atoms with E-state index in [1.54, 1.807) is 17.5 Å². The highest BCUT2D eigenvalue weighted by molar-refractivity contribution is 7.09. The monoisotopic (exact) mass is 333 g/mol. The van der Waals surface area contributed by atoms with Gasteiger partial charge in [0.1, 0.15) is 5.82 Å². The lowest BCUT2D eigenvalue weighted by Crippen LogP contribution is -2.42. The molecule has 0 saturated heterocycles. The number of hydrogen-bond donors (Lipinski definition) is 3. The second-order valence-electron chi connectivity index (χ2n) is 5.75. The predicted molar refractivity (Wildman–Crippen MR) is 87.2 cm³/mol. The number of hydrogen-bond acceptors (Lipinski definition) is 5. The molecule has 1 aliphatic rings. The summed E-state index contributed by atoms with van der Waals surface area (Å²) >= 11 is 1.55. The number of rotatable bonds is 6. The van der Waals surface area contributed by atoms with Gasteiger partial charge >= 0.3 is 0 Å². The lowest BCUT2D eigenvalue weighted by Gasteiger charge is -2.34. The number of aromatic nitrogens is 3. The Bertz CT molecular complexity index is 676. The first-order valence-electron chi connectivity index (χ1n) is 7.61. The molecule has 23 heavy (non-hydrogen) atoms. The van der Waals surface area contributed by atoms with Crippen LogP contribution >= 0.6 is 11.3 Å². The Morgan fingerprint density at radius 3 is 2.96 bits per heavy atom. The van der Waals surface area contributed by atoms with E-state index in [0.717, 1.165) is 23.5 Å². The van der Waals surface area contributed by atoms with E-state index in [1.807, 2.05) is 11.4 Å². The van der Waals surface area contributed by atoms with Crippen LogP contribution in [0.25, 0.3) is 0 Å². The number of aromatic amines is 1. The zero-order chi connectivity index (χ0) is 16.2. The SMILES string of the molecule is CC(=O)N[C@H]1C[C@@H](c2cc(NC(=O)CCc3nccs3)[nH]n2)C1. The molecule has 1 aliphatic carbocycles. The van der Waals surface area contributed by atoms with Gasteiger partial charge < -0.3 is 10.6 Å². The standard InChI is InChI=1S/C15H19N5O2S/c1-9(21)17-11-6-10(7-11)12-8-13(20-19-12)18-14(22)2-3-15-16-4-5-23-15/h4-5,8,10-11H,2-3,6-7H2,1H3,(H,17,21)(H2,18,19,20,22)/t10-,11+. The summed E-state index contributed by atoms with van der Waals surface area (Å²) < 4.78 is 0. The van der Waals surface area contributed by atoms with E-state index in [-0.39, 0.29) is 17.9 Å². The molecule has 0 unspecified atom stereocenters. The number of anilines is 1. The van der Waals surface area contributed by atoms with Crippen LogP contribution in [0.3, 0.4) is 0 Å². The summed E-state index contributed by atoms with van der Waals surface area (Å²) in [6.45, 7) is 1.53. The minimum Gasteiger partial charge on any atom is -0.354 e. The maximum atomic E-state index is 11.9. The van der Waals surface area contributed by atoms with Gasteiger partial charge in [0, 0.05) is 49.4 Å². The number of carbonyl (C=O) groups excluding carboxylic acids is 2. The van der Waals surface area contributed by atoms with Crippen LogP contribution in [0.5, 0.6) is 0 Å². The van der Waals surface area contributed by atoms with Crippen molar-refractivity contribution in [3.05, 3.63) is 28.3 Å². The number of nitrogens with zero attached hydrogens (tertiary/aromatic N) is 2.